The Morgan fingerprint density at radius 3 is 2.81 bits per heavy atom. The lowest BCUT2D eigenvalue weighted by Gasteiger charge is -2.06. The summed E-state index contributed by atoms with van der Waals surface area (Å²) < 4.78 is 23.9. The van der Waals surface area contributed by atoms with E-state index in [0.717, 1.165) is 6.26 Å². The molecule has 0 amide bonds. The summed E-state index contributed by atoms with van der Waals surface area (Å²) in [7, 11) is -3.15. The van der Waals surface area contributed by atoms with Crippen molar-refractivity contribution in [2.24, 2.45) is 5.84 Å². The van der Waals surface area contributed by atoms with Crippen LogP contribution in [0.1, 0.15) is 0 Å². The maximum Gasteiger partial charge on any atom is 0.239 e. The number of aromatic nitrogens is 2. The first-order chi connectivity index (χ1) is 7.51. The third kappa shape index (κ3) is 4.87. The van der Waals surface area contributed by atoms with Crippen molar-refractivity contribution < 1.29 is 8.42 Å². The van der Waals surface area contributed by atoms with Gasteiger partial charge in [-0.2, -0.15) is 4.98 Å². The lowest BCUT2D eigenvalue weighted by atomic mass is 10.5. The second-order valence-electron chi connectivity index (χ2n) is 3.00. The number of nitrogens with one attached hydrogen (secondary N) is 3. The molecule has 0 saturated heterocycles. The van der Waals surface area contributed by atoms with Gasteiger partial charge in [-0.3, -0.25) is 5.43 Å². The Morgan fingerprint density at radius 2 is 2.19 bits per heavy atom. The van der Waals surface area contributed by atoms with Gasteiger partial charge in [-0.1, -0.05) is 0 Å². The summed E-state index contributed by atoms with van der Waals surface area (Å²) in [4.78, 5) is 7.82. The molecular formula is C7H14N6O2S. The molecule has 1 rings (SSSR count). The fraction of sp³-hybridized carbons (Fsp3) is 0.429. The molecule has 0 aliphatic rings. The number of hydrazine groups is 1. The van der Waals surface area contributed by atoms with Crippen LogP contribution in [0.4, 0.5) is 11.8 Å². The maximum atomic E-state index is 10.8. The molecule has 90 valence electrons. The molecule has 0 aromatic carbocycles. The molecule has 9 heteroatoms. The molecule has 5 N–H and O–H groups in total. The average molecular weight is 246 g/mol. The highest BCUT2D eigenvalue weighted by Crippen LogP contribution is 2.03. The second-order valence-corrected chi connectivity index (χ2v) is 4.84. The molecule has 0 radical (unpaired) electrons. The van der Waals surface area contributed by atoms with Crippen molar-refractivity contribution in [2.45, 2.75) is 0 Å². The smallest absolute Gasteiger partial charge is 0.239 e. The largest absolute Gasteiger partial charge is 0.369 e. The van der Waals surface area contributed by atoms with Gasteiger partial charge >= 0.3 is 0 Å². The molecule has 0 atom stereocenters. The van der Waals surface area contributed by atoms with E-state index >= 15 is 0 Å². The molecular weight excluding hydrogens is 232 g/mol. The Hall–Kier alpha value is -1.45. The Morgan fingerprint density at radius 1 is 1.44 bits per heavy atom. The van der Waals surface area contributed by atoms with E-state index in [1.54, 1.807) is 6.07 Å². The van der Waals surface area contributed by atoms with E-state index in [4.69, 9.17) is 5.84 Å². The molecule has 1 heterocycles. The highest BCUT2D eigenvalue weighted by molar-refractivity contribution is 7.88. The third-order valence-electron chi connectivity index (χ3n) is 1.58. The standard InChI is InChI=1S/C7H14N6O2S/c1-16(14,15)11-5-4-9-6-2-3-10-7(12-6)13-8/h2-3,11H,4-5,8H2,1H3,(H2,9,10,12,13). The van der Waals surface area contributed by atoms with Crippen molar-refractivity contribution >= 4 is 21.8 Å². The van der Waals surface area contributed by atoms with E-state index in [0.29, 0.717) is 18.3 Å². The van der Waals surface area contributed by atoms with Crippen molar-refractivity contribution in [2.75, 3.05) is 30.1 Å². The quantitative estimate of drug-likeness (QED) is 0.280. The first-order valence-corrected chi connectivity index (χ1v) is 6.38. The summed E-state index contributed by atoms with van der Waals surface area (Å²) in [5.74, 6) is 6.00. The van der Waals surface area contributed by atoms with Gasteiger partial charge in [-0.25, -0.2) is 24.0 Å². The van der Waals surface area contributed by atoms with E-state index in [1.165, 1.54) is 6.20 Å². The van der Waals surface area contributed by atoms with Gasteiger partial charge in [0.2, 0.25) is 16.0 Å². The number of nitrogens with two attached hydrogens (primary N) is 1. The summed E-state index contributed by atoms with van der Waals surface area (Å²) in [6.45, 7) is 0.711. The minimum absolute atomic E-state index is 0.286. The Balaban J connectivity index is 2.37. The van der Waals surface area contributed by atoms with Crippen LogP contribution in [0.2, 0.25) is 0 Å². The van der Waals surface area contributed by atoms with Gasteiger partial charge in [0.05, 0.1) is 6.26 Å². The maximum absolute atomic E-state index is 10.8. The molecule has 0 spiro atoms. The van der Waals surface area contributed by atoms with Crippen LogP contribution in [0.3, 0.4) is 0 Å². The molecule has 8 nitrogen and oxygen atoms in total. The van der Waals surface area contributed by atoms with Gasteiger partial charge in [0.15, 0.2) is 0 Å². The molecule has 0 saturated carbocycles. The Kier molecular flexibility index (Phi) is 4.40. The van der Waals surface area contributed by atoms with E-state index in [1.807, 2.05) is 0 Å². The lowest BCUT2D eigenvalue weighted by Crippen LogP contribution is -2.27. The van der Waals surface area contributed by atoms with E-state index in [9.17, 15) is 8.42 Å². The first-order valence-electron chi connectivity index (χ1n) is 4.49. The summed E-state index contributed by atoms with van der Waals surface area (Å²) >= 11 is 0. The highest BCUT2D eigenvalue weighted by atomic mass is 32.2. The van der Waals surface area contributed by atoms with Crippen molar-refractivity contribution in [3.05, 3.63) is 12.3 Å². The molecule has 1 aromatic heterocycles. The molecule has 0 bridgehead atoms. The molecule has 0 aliphatic heterocycles. The zero-order chi connectivity index (χ0) is 12.0. The first kappa shape index (κ1) is 12.6. The topological polar surface area (TPSA) is 122 Å². The van der Waals surface area contributed by atoms with Crippen molar-refractivity contribution in [3.8, 4) is 0 Å². The summed E-state index contributed by atoms with van der Waals surface area (Å²) in [6.07, 6.45) is 2.64. The van der Waals surface area contributed by atoms with Crippen LogP contribution in [-0.4, -0.2) is 37.7 Å². The van der Waals surface area contributed by atoms with Crippen molar-refractivity contribution in [3.63, 3.8) is 0 Å². The van der Waals surface area contributed by atoms with Crippen LogP contribution < -0.4 is 21.3 Å². The molecule has 0 unspecified atom stereocenters. The van der Waals surface area contributed by atoms with Crippen LogP contribution in [0, 0.1) is 0 Å². The molecule has 1 aromatic rings. The zero-order valence-electron chi connectivity index (χ0n) is 8.77. The van der Waals surface area contributed by atoms with E-state index < -0.39 is 10.0 Å². The van der Waals surface area contributed by atoms with E-state index in [-0.39, 0.29) is 6.54 Å². The normalized spacial score (nSPS) is 11.1. The van der Waals surface area contributed by atoms with Crippen LogP contribution in [0.25, 0.3) is 0 Å². The number of nitrogens with zero attached hydrogens (tertiary/aromatic N) is 2. The van der Waals surface area contributed by atoms with Gasteiger partial charge in [-0.05, 0) is 6.07 Å². The van der Waals surface area contributed by atoms with Crippen molar-refractivity contribution in [1.82, 2.24) is 14.7 Å². The molecule has 0 fully saturated rings. The lowest BCUT2D eigenvalue weighted by molar-refractivity contribution is 0.589. The van der Waals surface area contributed by atoms with Gasteiger partial charge < -0.3 is 5.32 Å². The van der Waals surface area contributed by atoms with Crippen LogP contribution >= 0.6 is 0 Å². The summed E-state index contributed by atoms with van der Waals surface area (Å²) in [6, 6.07) is 1.65. The SMILES string of the molecule is CS(=O)(=O)NCCNc1ccnc(NN)n1. The number of nitrogen functional groups attached to an aromatic ring is 1. The third-order valence-corrected chi connectivity index (χ3v) is 2.31. The molecule has 0 aliphatic carbocycles. The second kappa shape index (κ2) is 5.58. The minimum Gasteiger partial charge on any atom is -0.369 e. The fourth-order valence-corrected chi connectivity index (χ4v) is 1.43. The number of rotatable bonds is 6. The number of hydrogen-bond acceptors (Lipinski definition) is 7. The minimum atomic E-state index is -3.15. The highest BCUT2D eigenvalue weighted by Gasteiger charge is 2.00. The van der Waals surface area contributed by atoms with Crippen LogP contribution in [-0.2, 0) is 10.0 Å². The molecule has 16 heavy (non-hydrogen) atoms. The number of sulfonamides is 1. The number of hydrogen-bond donors (Lipinski definition) is 4. The summed E-state index contributed by atoms with van der Waals surface area (Å²) in [5.41, 5.74) is 2.31. The van der Waals surface area contributed by atoms with E-state index in [2.05, 4.69) is 25.4 Å². The van der Waals surface area contributed by atoms with Crippen LogP contribution in [0.15, 0.2) is 12.3 Å². The fourth-order valence-electron chi connectivity index (χ4n) is 0.954. The van der Waals surface area contributed by atoms with Gasteiger partial charge in [0, 0.05) is 19.3 Å². The predicted molar refractivity (Wildman–Crippen MR) is 61.2 cm³/mol. The van der Waals surface area contributed by atoms with Crippen LogP contribution in [0.5, 0.6) is 0 Å². The monoisotopic (exact) mass is 246 g/mol. The van der Waals surface area contributed by atoms with Crippen molar-refractivity contribution in [1.29, 1.82) is 0 Å². The van der Waals surface area contributed by atoms with Gasteiger partial charge in [0.25, 0.3) is 0 Å². The number of anilines is 2. The predicted octanol–water partition coefficient (Wildman–Crippen LogP) is -1.28. The van der Waals surface area contributed by atoms with Gasteiger partial charge in [-0.15, -0.1) is 0 Å². The Bertz CT molecular complexity index is 434. The summed E-state index contributed by atoms with van der Waals surface area (Å²) in [5, 5.41) is 2.92. The zero-order valence-corrected chi connectivity index (χ0v) is 9.58. The average Bonchev–Trinajstić information content (AvgIpc) is 2.23. The Labute approximate surface area is 93.7 Å². The van der Waals surface area contributed by atoms with Gasteiger partial charge in [0.1, 0.15) is 5.82 Å².